The Kier molecular flexibility index (Phi) is 5.67. The second-order valence-electron chi connectivity index (χ2n) is 7.90. The summed E-state index contributed by atoms with van der Waals surface area (Å²) >= 11 is 0. The van der Waals surface area contributed by atoms with E-state index < -0.39 is 0 Å². The normalized spacial score (nSPS) is 23.8. The smallest absolute Gasteiger partial charge is 0.220 e. The van der Waals surface area contributed by atoms with Crippen LogP contribution in [0.25, 0.3) is 0 Å². The molecular weight excluding hydrogens is 264 g/mol. The number of rotatable bonds is 4. The second kappa shape index (κ2) is 7.10. The average Bonchev–Trinajstić information content (AvgIpc) is 2.45. The van der Waals surface area contributed by atoms with Crippen molar-refractivity contribution in [2.45, 2.75) is 64.8 Å². The van der Waals surface area contributed by atoms with E-state index in [1.165, 1.54) is 32.1 Å². The Morgan fingerprint density at radius 3 is 2.33 bits per heavy atom. The van der Waals surface area contributed by atoms with Crippen LogP contribution in [0.4, 0.5) is 0 Å². The van der Waals surface area contributed by atoms with Crippen molar-refractivity contribution in [2.24, 2.45) is 5.41 Å². The SMILES string of the molecule is CC(C)(C)CC(=O)NCC1(N2CCOCC2)CCCCC1. The molecule has 2 aliphatic rings. The van der Waals surface area contributed by atoms with Gasteiger partial charge in [0, 0.05) is 31.6 Å². The van der Waals surface area contributed by atoms with E-state index in [9.17, 15) is 4.79 Å². The topological polar surface area (TPSA) is 41.6 Å². The Morgan fingerprint density at radius 1 is 1.14 bits per heavy atom. The van der Waals surface area contributed by atoms with Gasteiger partial charge >= 0.3 is 0 Å². The fourth-order valence-electron chi connectivity index (χ4n) is 3.66. The Morgan fingerprint density at radius 2 is 1.76 bits per heavy atom. The van der Waals surface area contributed by atoms with Crippen LogP contribution in [0.15, 0.2) is 0 Å². The van der Waals surface area contributed by atoms with Crippen LogP contribution < -0.4 is 5.32 Å². The van der Waals surface area contributed by atoms with Gasteiger partial charge in [-0.1, -0.05) is 40.0 Å². The third-order valence-corrected chi connectivity index (χ3v) is 4.77. The van der Waals surface area contributed by atoms with Crippen molar-refractivity contribution in [3.8, 4) is 0 Å². The summed E-state index contributed by atoms with van der Waals surface area (Å²) in [6.07, 6.45) is 6.93. The zero-order chi connectivity index (χ0) is 15.3. The molecule has 1 aliphatic heterocycles. The van der Waals surface area contributed by atoms with Gasteiger partial charge in [-0.15, -0.1) is 0 Å². The van der Waals surface area contributed by atoms with Gasteiger partial charge < -0.3 is 10.1 Å². The molecule has 2 fully saturated rings. The van der Waals surface area contributed by atoms with Gasteiger partial charge in [0.15, 0.2) is 0 Å². The van der Waals surface area contributed by atoms with Gasteiger partial charge in [0.2, 0.25) is 5.91 Å². The van der Waals surface area contributed by atoms with E-state index in [1.54, 1.807) is 0 Å². The summed E-state index contributed by atoms with van der Waals surface area (Å²) in [5, 5.41) is 3.23. The van der Waals surface area contributed by atoms with Crippen molar-refractivity contribution in [2.75, 3.05) is 32.8 Å². The summed E-state index contributed by atoms with van der Waals surface area (Å²) in [6.45, 7) is 10.8. The largest absolute Gasteiger partial charge is 0.379 e. The summed E-state index contributed by atoms with van der Waals surface area (Å²) < 4.78 is 5.50. The summed E-state index contributed by atoms with van der Waals surface area (Å²) in [5.74, 6) is 0.195. The molecule has 4 heteroatoms. The van der Waals surface area contributed by atoms with Crippen LogP contribution in [0.3, 0.4) is 0 Å². The van der Waals surface area contributed by atoms with Gasteiger partial charge in [-0.2, -0.15) is 0 Å². The molecule has 2 rings (SSSR count). The summed E-state index contributed by atoms with van der Waals surface area (Å²) in [6, 6.07) is 0. The van der Waals surface area contributed by atoms with Gasteiger partial charge in [0.05, 0.1) is 13.2 Å². The minimum Gasteiger partial charge on any atom is -0.379 e. The first-order valence-electron chi connectivity index (χ1n) is 8.51. The maximum atomic E-state index is 12.2. The van der Waals surface area contributed by atoms with Gasteiger partial charge in [0.1, 0.15) is 0 Å². The highest BCUT2D eigenvalue weighted by Gasteiger charge is 2.38. The van der Waals surface area contributed by atoms with E-state index in [0.717, 1.165) is 32.8 Å². The Balaban J connectivity index is 1.94. The second-order valence-corrected chi connectivity index (χ2v) is 7.90. The molecule has 1 saturated heterocycles. The molecule has 1 N–H and O–H groups in total. The average molecular weight is 296 g/mol. The first-order chi connectivity index (χ1) is 9.91. The maximum absolute atomic E-state index is 12.2. The maximum Gasteiger partial charge on any atom is 0.220 e. The van der Waals surface area contributed by atoms with Crippen molar-refractivity contribution >= 4 is 5.91 Å². The molecular formula is C17H32N2O2. The number of nitrogens with one attached hydrogen (secondary N) is 1. The number of morpholine rings is 1. The molecule has 1 saturated carbocycles. The zero-order valence-electron chi connectivity index (χ0n) is 14.0. The van der Waals surface area contributed by atoms with Crippen molar-refractivity contribution in [3.63, 3.8) is 0 Å². The zero-order valence-corrected chi connectivity index (χ0v) is 14.0. The molecule has 4 nitrogen and oxygen atoms in total. The van der Waals surface area contributed by atoms with E-state index in [2.05, 4.69) is 31.0 Å². The number of amides is 1. The van der Waals surface area contributed by atoms with Gasteiger partial charge in [-0.3, -0.25) is 9.69 Å². The molecule has 0 unspecified atom stereocenters. The fraction of sp³-hybridized carbons (Fsp3) is 0.941. The van der Waals surface area contributed by atoms with Crippen molar-refractivity contribution in [1.82, 2.24) is 10.2 Å². The standard InChI is InChI=1S/C17H32N2O2/c1-16(2,3)13-15(20)18-14-17(7-5-4-6-8-17)19-9-11-21-12-10-19/h4-14H2,1-3H3,(H,18,20). The predicted octanol–water partition coefficient (Wildman–Crippen LogP) is 2.57. The quantitative estimate of drug-likeness (QED) is 0.867. The van der Waals surface area contributed by atoms with E-state index >= 15 is 0 Å². The van der Waals surface area contributed by atoms with Crippen molar-refractivity contribution < 1.29 is 9.53 Å². The number of hydrogen-bond acceptors (Lipinski definition) is 3. The molecule has 0 aromatic heterocycles. The van der Waals surface area contributed by atoms with Crippen LogP contribution >= 0.6 is 0 Å². The van der Waals surface area contributed by atoms with E-state index in [0.29, 0.717) is 6.42 Å². The minimum atomic E-state index is 0.0583. The number of nitrogens with zero attached hydrogens (tertiary/aromatic N) is 1. The number of ether oxygens (including phenoxy) is 1. The first kappa shape index (κ1) is 16.8. The summed E-state index contributed by atoms with van der Waals surface area (Å²) in [5.41, 5.74) is 0.234. The van der Waals surface area contributed by atoms with E-state index in [1.807, 2.05) is 0 Å². The van der Waals surface area contributed by atoms with Gasteiger partial charge in [-0.05, 0) is 18.3 Å². The van der Waals surface area contributed by atoms with Crippen molar-refractivity contribution in [3.05, 3.63) is 0 Å². The number of carbonyl (C=O) groups excluding carboxylic acids is 1. The third kappa shape index (κ3) is 4.96. The highest BCUT2D eigenvalue weighted by Crippen LogP contribution is 2.34. The van der Waals surface area contributed by atoms with E-state index in [4.69, 9.17) is 4.74 Å². The van der Waals surface area contributed by atoms with Crippen LogP contribution in [0.5, 0.6) is 0 Å². The van der Waals surface area contributed by atoms with E-state index in [-0.39, 0.29) is 16.9 Å². The molecule has 1 heterocycles. The Bertz CT molecular complexity index is 337. The molecule has 1 aliphatic carbocycles. The molecule has 1 amide bonds. The van der Waals surface area contributed by atoms with Crippen LogP contribution in [-0.2, 0) is 9.53 Å². The summed E-state index contributed by atoms with van der Waals surface area (Å²) in [4.78, 5) is 14.7. The molecule has 0 bridgehead atoms. The van der Waals surface area contributed by atoms with Crippen LogP contribution in [-0.4, -0.2) is 49.2 Å². The number of carbonyl (C=O) groups is 1. The Hall–Kier alpha value is -0.610. The molecule has 122 valence electrons. The molecule has 0 radical (unpaired) electrons. The third-order valence-electron chi connectivity index (χ3n) is 4.77. The predicted molar refractivity (Wildman–Crippen MR) is 85.3 cm³/mol. The molecule has 0 aromatic rings. The lowest BCUT2D eigenvalue weighted by molar-refractivity contribution is -0.124. The van der Waals surface area contributed by atoms with Gasteiger partial charge in [0.25, 0.3) is 0 Å². The Labute approximate surface area is 129 Å². The minimum absolute atomic E-state index is 0.0583. The van der Waals surface area contributed by atoms with Crippen LogP contribution in [0, 0.1) is 5.41 Å². The van der Waals surface area contributed by atoms with Crippen LogP contribution in [0.1, 0.15) is 59.3 Å². The lowest BCUT2D eigenvalue weighted by atomic mass is 9.79. The lowest BCUT2D eigenvalue weighted by Crippen LogP contribution is -2.59. The fourth-order valence-corrected chi connectivity index (χ4v) is 3.66. The summed E-state index contributed by atoms with van der Waals surface area (Å²) in [7, 11) is 0. The highest BCUT2D eigenvalue weighted by molar-refractivity contribution is 5.76. The van der Waals surface area contributed by atoms with Gasteiger partial charge in [-0.25, -0.2) is 0 Å². The number of hydrogen-bond donors (Lipinski definition) is 1. The molecule has 0 aromatic carbocycles. The molecule has 0 atom stereocenters. The first-order valence-corrected chi connectivity index (χ1v) is 8.51. The molecule has 21 heavy (non-hydrogen) atoms. The lowest BCUT2D eigenvalue weighted by Gasteiger charge is -2.48. The molecule has 0 spiro atoms. The van der Waals surface area contributed by atoms with Crippen molar-refractivity contribution in [1.29, 1.82) is 0 Å². The monoisotopic (exact) mass is 296 g/mol. The van der Waals surface area contributed by atoms with Crippen LogP contribution in [0.2, 0.25) is 0 Å². The highest BCUT2D eigenvalue weighted by atomic mass is 16.5.